The number of phosphoric ester groups is 2. The molecule has 624 valence electrons. The fraction of sp³-hybridized carbons (Fsp3) is 0.953. The van der Waals surface area contributed by atoms with Crippen molar-refractivity contribution in [3.63, 3.8) is 0 Å². The quantitative estimate of drug-likeness (QED) is 0.0222. The normalized spacial score (nSPS) is 13.8. The number of carbonyl (C=O) groups excluding carboxylic acids is 4. The van der Waals surface area contributed by atoms with Gasteiger partial charge in [-0.25, -0.2) is 9.13 Å². The van der Waals surface area contributed by atoms with Gasteiger partial charge in [-0.2, -0.15) is 0 Å². The molecule has 0 saturated heterocycles. The van der Waals surface area contributed by atoms with Gasteiger partial charge in [0.05, 0.1) is 26.4 Å². The van der Waals surface area contributed by atoms with Gasteiger partial charge in [-0.15, -0.1) is 0 Å². The molecule has 0 aliphatic carbocycles. The lowest BCUT2D eigenvalue weighted by molar-refractivity contribution is -0.161. The van der Waals surface area contributed by atoms with E-state index in [1.165, 1.54) is 276 Å². The van der Waals surface area contributed by atoms with Crippen molar-refractivity contribution in [1.82, 2.24) is 0 Å². The molecule has 2 unspecified atom stereocenters. The van der Waals surface area contributed by atoms with E-state index in [0.717, 1.165) is 102 Å². The van der Waals surface area contributed by atoms with Gasteiger partial charge in [0.15, 0.2) is 12.2 Å². The third-order valence-corrected chi connectivity index (χ3v) is 22.1. The van der Waals surface area contributed by atoms with Crippen molar-refractivity contribution in [2.24, 2.45) is 11.8 Å². The van der Waals surface area contributed by atoms with E-state index in [0.29, 0.717) is 25.7 Å². The summed E-state index contributed by atoms with van der Waals surface area (Å²) in [5, 5.41) is 10.7. The molecule has 19 heteroatoms. The van der Waals surface area contributed by atoms with Crippen LogP contribution in [0.1, 0.15) is 459 Å². The van der Waals surface area contributed by atoms with E-state index in [9.17, 15) is 43.2 Å². The molecule has 0 saturated carbocycles. The summed E-state index contributed by atoms with van der Waals surface area (Å²) in [6.45, 7) is 9.69. The van der Waals surface area contributed by atoms with E-state index in [1.54, 1.807) is 0 Å². The predicted molar refractivity (Wildman–Crippen MR) is 432 cm³/mol. The number of hydrogen-bond acceptors (Lipinski definition) is 15. The SMILES string of the molecule is CCCCCCCCCCCCCCCCCCCCCCCCC(=O)O[C@H](COC(=O)CCCCCCCCCCCCCCCC(C)C)COP(=O)(O)OC[C@@H](O)COP(=O)(O)OC[C@@H](COC(=O)CCCCCCCCCCCCCCC)OC(=O)CCCCCCCCCCCCCC(C)C. The Kier molecular flexibility index (Phi) is 76.0. The number of esters is 4. The lowest BCUT2D eigenvalue weighted by Gasteiger charge is -2.21. The van der Waals surface area contributed by atoms with E-state index < -0.39 is 97.5 Å². The van der Waals surface area contributed by atoms with Crippen molar-refractivity contribution in [3.05, 3.63) is 0 Å². The molecule has 5 atom stereocenters. The van der Waals surface area contributed by atoms with Gasteiger partial charge >= 0.3 is 39.5 Å². The van der Waals surface area contributed by atoms with Crippen LogP contribution < -0.4 is 0 Å². The molecule has 0 aromatic heterocycles. The van der Waals surface area contributed by atoms with Crippen molar-refractivity contribution in [2.45, 2.75) is 477 Å². The monoisotopic (exact) mass is 1540 g/mol. The number of rotatable bonds is 85. The standard InChI is InChI=1S/C86H168O17P2/c1-7-9-11-13-15-17-19-21-22-23-24-25-26-27-28-29-33-40-46-52-58-64-70-85(90)102-81(74-97-84(89)69-63-57-51-45-39-34-30-32-36-42-48-54-60-66-78(3)4)76-100-104(92,93)98-72-80(87)73-99-105(94,95)101-77-82(75-96-83(88)68-62-56-50-44-38-31-20-18-16-14-12-10-8-2)103-86(91)71-65-59-53-47-41-35-37-43-49-55-61-67-79(5)6/h78-82,87H,7-77H2,1-6H3,(H,92,93)(H,94,95)/t80-,81-,82-/m1/s1. The van der Waals surface area contributed by atoms with Crippen LogP contribution in [0.5, 0.6) is 0 Å². The van der Waals surface area contributed by atoms with Crippen molar-refractivity contribution >= 4 is 39.5 Å². The highest BCUT2D eigenvalue weighted by Crippen LogP contribution is 2.45. The molecule has 17 nitrogen and oxygen atoms in total. The zero-order valence-electron chi connectivity index (χ0n) is 69.0. The first-order valence-electron chi connectivity index (χ1n) is 44.5. The van der Waals surface area contributed by atoms with E-state index >= 15 is 0 Å². The number of ether oxygens (including phenoxy) is 4. The first-order chi connectivity index (χ1) is 50.9. The summed E-state index contributed by atoms with van der Waals surface area (Å²) >= 11 is 0. The Balaban J connectivity index is 5.24. The molecule has 0 heterocycles. The number of aliphatic hydroxyl groups is 1. The molecule has 0 aliphatic heterocycles. The summed E-state index contributed by atoms with van der Waals surface area (Å²) in [5.74, 6) is -0.545. The molecule has 0 aliphatic rings. The fourth-order valence-electron chi connectivity index (χ4n) is 13.4. The van der Waals surface area contributed by atoms with Crippen LogP contribution in [-0.2, 0) is 65.4 Å². The molecule has 0 rings (SSSR count). The van der Waals surface area contributed by atoms with Gasteiger partial charge in [0.1, 0.15) is 19.3 Å². The maximum atomic E-state index is 13.1. The lowest BCUT2D eigenvalue weighted by atomic mass is 10.0. The molecular formula is C86H168O17P2. The molecule has 0 aromatic rings. The van der Waals surface area contributed by atoms with Gasteiger partial charge in [0, 0.05) is 25.7 Å². The minimum absolute atomic E-state index is 0.107. The van der Waals surface area contributed by atoms with E-state index in [1.807, 2.05) is 0 Å². The highest BCUT2D eigenvalue weighted by atomic mass is 31.2. The Hall–Kier alpha value is -1.94. The second-order valence-electron chi connectivity index (χ2n) is 31.9. The number of aliphatic hydroxyl groups excluding tert-OH is 1. The lowest BCUT2D eigenvalue weighted by Crippen LogP contribution is -2.30. The number of unbranched alkanes of at least 4 members (excludes halogenated alkanes) is 55. The van der Waals surface area contributed by atoms with Crippen LogP contribution in [0.4, 0.5) is 0 Å². The molecule has 3 N–H and O–H groups in total. The predicted octanol–water partition coefficient (Wildman–Crippen LogP) is 26.2. The van der Waals surface area contributed by atoms with Gasteiger partial charge in [-0.05, 0) is 37.5 Å². The van der Waals surface area contributed by atoms with Crippen LogP contribution in [0, 0.1) is 11.8 Å². The zero-order valence-corrected chi connectivity index (χ0v) is 70.8. The first-order valence-corrected chi connectivity index (χ1v) is 47.5. The molecular weight excluding hydrogens is 1370 g/mol. The third kappa shape index (κ3) is 79.9. The minimum atomic E-state index is -4.97. The number of hydrogen-bond donors (Lipinski definition) is 3. The molecule has 0 fully saturated rings. The molecule has 0 bridgehead atoms. The summed E-state index contributed by atoms with van der Waals surface area (Å²) < 4.78 is 68.9. The molecule has 105 heavy (non-hydrogen) atoms. The molecule has 0 aromatic carbocycles. The van der Waals surface area contributed by atoms with Gasteiger partial charge in [-0.3, -0.25) is 37.3 Å². The zero-order chi connectivity index (χ0) is 77.1. The number of carbonyl (C=O) groups is 4. The second kappa shape index (κ2) is 77.4. The summed E-state index contributed by atoms with van der Waals surface area (Å²) in [6.07, 6.45) is 69.4. The Morgan fingerprint density at radius 3 is 0.648 bits per heavy atom. The van der Waals surface area contributed by atoms with Crippen molar-refractivity contribution in [2.75, 3.05) is 39.6 Å². The van der Waals surface area contributed by atoms with E-state index in [2.05, 4.69) is 41.5 Å². The van der Waals surface area contributed by atoms with Crippen molar-refractivity contribution < 1.29 is 80.2 Å². The summed E-state index contributed by atoms with van der Waals surface area (Å²) in [6, 6.07) is 0. The van der Waals surface area contributed by atoms with Crippen LogP contribution in [0.3, 0.4) is 0 Å². The van der Waals surface area contributed by atoms with Crippen LogP contribution in [-0.4, -0.2) is 96.7 Å². The average Bonchev–Trinajstić information content (AvgIpc) is 0.937. The highest BCUT2D eigenvalue weighted by molar-refractivity contribution is 7.47. The van der Waals surface area contributed by atoms with Crippen LogP contribution in [0.15, 0.2) is 0 Å². The largest absolute Gasteiger partial charge is 0.472 e. The van der Waals surface area contributed by atoms with Gasteiger partial charge < -0.3 is 33.8 Å². The number of phosphoric acid groups is 2. The van der Waals surface area contributed by atoms with E-state index in [4.69, 9.17) is 37.0 Å². The summed E-state index contributed by atoms with van der Waals surface area (Å²) in [7, 11) is -9.93. The van der Waals surface area contributed by atoms with Crippen molar-refractivity contribution in [3.8, 4) is 0 Å². The van der Waals surface area contributed by atoms with Crippen LogP contribution >= 0.6 is 15.6 Å². The van der Waals surface area contributed by atoms with Crippen LogP contribution in [0.2, 0.25) is 0 Å². The fourth-order valence-corrected chi connectivity index (χ4v) is 15.0. The second-order valence-corrected chi connectivity index (χ2v) is 34.8. The Morgan fingerprint density at radius 2 is 0.438 bits per heavy atom. The Labute approximate surface area is 645 Å². The molecule has 0 spiro atoms. The first kappa shape index (κ1) is 103. The van der Waals surface area contributed by atoms with Crippen LogP contribution in [0.25, 0.3) is 0 Å². The molecule has 0 amide bonds. The maximum Gasteiger partial charge on any atom is 0.472 e. The van der Waals surface area contributed by atoms with Gasteiger partial charge in [-0.1, -0.05) is 408 Å². The maximum absolute atomic E-state index is 13.1. The average molecular weight is 1540 g/mol. The van der Waals surface area contributed by atoms with Crippen molar-refractivity contribution in [1.29, 1.82) is 0 Å². The van der Waals surface area contributed by atoms with E-state index in [-0.39, 0.29) is 25.7 Å². The topological polar surface area (TPSA) is 237 Å². The minimum Gasteiger partial charge on any atom is -0.462 e. The Morgan fingerprint density at radius 1 is 0.257 bits per heavy atom. The summed E-state index contributed by atoms with van der Waals surface area (Å²) in [4.78, 5) is 73.2. The third-order valence-electron chi connectivity index (χ3n) is 20.2. The summed E-state index contributed by atoms with van der Waals surface area (Å²) in [5.41, 5.74) is 0. The van der Waals surface area contributed by atoms with Gasteiger partial charge in [0.25, 0.3) is 0 Å². The highest BCUT2D eigenvalue weighted by Gasteiger charge is 2.30. The van der Waals surface area contributed by atoms with Gasteiger partial charge in [0.2, 0.25) is 0 Å². The smallest absolute Gasteiger partial charge is 0.462 e. The molecule has 0 radical (unpaired) electrons. The Bertz CT molecular complexity index is 2010.